The molecule has 0 aliphatic carbocycles. The van der Waals surface area contributed by atoms with Crippen molar-refractivity contribution in [1.82, 2.24) is 0 Å². The van der Waals surface area contributed by atoms with E-state index in [2.05, 4.69) is 5.32 Å². The van der Waals surface area contributed by atoms with E-state index in [-0.39, 0.29) is 11.8 Å². The van der Waals surface area contributed by atoms with Gasteiger partial charge in [0.2, 0.25) is 5.91 Å². The lowest BCUT2D eigenvalue weighted by molar-refractivity contribution is -0.116. The number of benzene rings is 1. The number of methoxy groups -OCH3 is 3. The summed E-state index contributed by atoms with van der Waals surface area (Å²) in [5.74, 6) is 1.47. The van der Waals surface area contributed by atoms with Crippen LogP contribution in [0.5, 0.6) is 17.2 Å². The van der Waals surface area contributed by atoms with Gasteiger partial charge in [0, 0.05) is 24.0 Å². The summed E-state index contributed by atoms with van der Waals surface area (Å²) in [6, 6.07) is 1.75. The lowest BCUT2D eigenvalue weighted by atomic mass is 9.89. The highest BCUT2D eigenvalue weighted by atomic mass is 16.5. The maximum Gasteiger partial charge on any atom is 0.225 e. The molecule has 1 atom stereocenters. The molecule has 1 aliphatic heterocycles. The first-order valence-electron chi connectivity index (χ1n) is 5.99. The van der Waals surface area contributed by atoms with Gasteiger partial charge < -0.3 is 25.3 Å². The van der Waals surface area contributed by atoms with E-state index in [1.165, 1.54) is 14.2 Å². The predicted molar refractivity (Wildman–Crippen MR) is 71.1 cm³/mol. The molecular formula is C13H18N2O4. The van der Waals surface area contributed by atoms with Crippen molar-refractivity contribution in [2.45, 2.75) is 12.3 Å². The summed E-state index contributed by atoms with van der Waals surface area (Å²) in [5.41, 5.74) is 7.21. The standard InChI is InChI=1S/C13H18N2O4/c1-17-8-5-9(18-2)13(19-3)12-11(8)7(6-14)4-10(16)15-12/h5,7H,4,6,14H2,1-3H3,(H,15,16). The van der Waals surface area contributed by atoms with E-state index in [1.54, 1.807) is 13.2 Å². The molecule has 0 bridgehead atoms. The van der Waals surface area contributed by atoms with Crippen LogP contribution in [-0.2, 0) is 4.79 Å². The summed E-state index contributed by atoms with van der Waals surface area (Å²) in [4.78, 5) is 11.8. The van der Waals surface area contributed by atoms with E-state index in [4.69, 9.17) is 19.9 Å². The van der Waals surface area contributed by atoms with E-state index in [9.17, 15) is 4.79 Å². The first-order valence-corrected chi connectivity index (χ1v) is 5.99. The van der Waals surface area contributed by atoms with E-state index >= 15 is 0 Å². The molecule has 1 aliphatic rings. The summed E-state index contributed by atoms with van der Waals surface area (Å²) < 4.78 is 16.0. The summed E-state index contributed by atoms with van der Waals surface area (Å²) in [5, 5.41) is 2.81. The molecule has 1 aromatic rings. The first-order chi connectivity index (χ1) is 9.15. The fourth-order valence-corrected chi connectivity index (χ4v) is 2.40. The van der Waals surface area contributed by atoms with E-state index in [0.29, 0.717) is 35.9 Å². The first kappa shape index (κ1) is 13.5. The van der Waals surface area contributed by atoms with Gasteiger partial charge in [0.1, 0.15) is 5.75 Å². The number of carbonyl (C=O) groups is 1. The van der Waals surface area contributed by atoms with Crippen LogP contribution in [0.2, 0.25) is 0 Å². The van der Waals surface area contributed by atoms with Crippen LogP contribution in [0.15, 0.2) is 6.07 Å². The largest absolute Gasteiger partial charge is 0.496 e. The van der Waals surface area contributed by atoms with Crippen LogP contribution in [0.25, 0.3) is 0 Å². The number of nitrogens with one attached hydrogen (secondary N) is 1. The highest BCUT2D eigenvalue weighted by molar-refractivity contribution is 5.98. The molecule has 1 unspecified atom stereocenters. The normalized spacial score (nSPS) is 17.5. The van der Waals surface area contributed by atoms with Gasteiger partial charge >= 0.3 is 0 Å². The number of nitrogens with two attached hydrogens (primary N) is 1. The minimum atomic E-state index is -0.0865. The summed E-state index contributed by atoms with van der Waals surface area (Å²) in [6.07, 6.45) is 0.343. The number of carbonyl (C=O) groups excluding carboxylic acids is 1. The fraction of sp³-hybridized carbons (Fsp3) is 0.462. The van der Waals surface area contributed by atoms with Gasteiger partial charge in [-0.05, 0) is 6.54 Å². The number of anilines is 1. The van der Waals surface area contributed by atoms with Gasteiger partial charge in [-0.1, -0.05) is 0 Å². The van der Waals surface area contributed by atoms with Gasteiger partial charge in [-0.3, -0.25) is 4.79 Å². The molecule has 3 N–H and O–H groups in total. The van der Waals surface area contributed by atoms with Crippen LogP contribution in [0.3, 0.4) is 0 Å². The highest BCUT2D eigenvalue weighted by Crippen LogP contribution is 2.48. The van der Waals surface area contributed by atoms with E-state index < -0.39 is 0 Å². The molecule has 1 heterocycles. The zero-order valence-electron chi connectivity index (χ0n) is 11.3. The van der Waals surface area contributed by atoms with E-state index in [0.717, 1.165) is 5.56 Å². The summed E-state index contributed by atoms with van der Waals surface area (Å²) >= 11 is 0. The van der Waals surface area contributed by atoms with Crippen LogP contribution in [0.4, 0.5) is 5.69 Å². The van der Waals surface area contributed by atoms with Crippen LogP contribution in [0.1, 0.15) is 17.9 Å². The van der Waals surface area contributed by atoms with Gasteiger partial charge in [0.05, 0.1) is 27.0 Å². The van der Waals surface area contributed by atoms with Crippen molar-refractivity contribution < 1.29 is 19.0 Å². The number of hydrogen-bond donors (Lipinski definition) is 2. The average Bonchev–Trinajstić information content (AvgIpc) is 2.44. The van der Waals surface area contributed by atoms with E-state index in [1.807, 2.05) is 0 Å². The molecule has 0 aromatic heterocycles. The fourth-order valence-electron chi connectivity index (χ4n) is 2.40. The topological polar surface area (TPSA) is 82.8 Å². The highest BCUT2D eigenvalue weighted by Gasteiger charge is 2.32. The van der Waals surface area contributed by atoms with Gasteiger partial charge in [-0.25, -0.2) is 0 Å². The molecule has 0 spiro atoms. The molecule has 19 heavy (non-hydrogen) atoms. The third-order valence-electron chi connectivity index (χ3n) is 3.28. The predicted octanol–water partition coefficient (Wildman–Crippen LogP) is 1.10. The van der Waals surface area contributed by atoms with Crippen molar-refractivity contribution in [3.63, 3.8) is 0 Å². The van der Waals surface area contributed by atoms with Gasteiger partial charge in [-0.2, -0.15) is 0 Å². The van der Waals surface area contributed by atoms with Crippen LogP contribution >= 0.6 is 0 Å². The van der Waals surface area contributed by atoms with Crippen molar-refractivity contribution >= 4 is 11.6 Å². The maximum absolute atomic E-state index is 11.8. The Kier molecular flexibility index (Phi) is 3.80. The Morgan fingerprint density at radius 1 is 1.26 bits per heavy atom. The SMILES string of the molecule is COc1cc(OC)c2c(c1OC)NC(=O)CC2CN. The van der Waals surface area contributed by atoms with Crippen molar-refractivity contribution in [2.75, 3.05) is 33.2 Å². The monoisotopic (exact) mass is 266 g/mol. The second-order valence-corrected chi connectivity index (χ2v) is 4.29. The minimum Gasteiger partial charge on any atom is -0.496 e. The number of ether oxygens (including phenoxy) is 3. The van der Waals surface area contributed by atoms with Gasteiger partial charge in [0.15, 0.2) is 11.5 Å². The van der Waals surface area contributed by atoms with Crippen LogP contribution < -0.4 is 25.3 Å². The van der Waals surface area contributed by atoms with Gasteiger partial charge in [-0.15, -0.1) is 0 Å². The number of rotatable bonds is 4. The number of amides is 1. The number of hydrogen-bond acceptors (Lipinski definition) is 5. The molecule has 6 heteroatoms. The van der Waals surface area contributed by atoms with Crippen molar-refractivity contribution in [3.8, 4) is 17.2 Å². The summed E-state index contributed by atoms with van der Waals surface area (Å²) in [6.45, 7) is 0.367. The van der Waals surface area contributed by atoms with Crippen LogP contribution in [-0.4, -0.2) is 33.8 Å². The molecule has 0 radical (unpaired) electrons. The summed E-state index contributed by atoms with van der Waals surface area (Å²) in [7, 11) is 4.64. The third-order valence-corrected chi connectivity index (χ3v) is 3.28. The molecule has 1 aromatic carbocycles. The second-order valence-electron chi connectivity index (χ2n) is 4.29. The lowest BCUT2D eigenvalue weighted by Crippen LogP contribution is -2.28. The van der Waals surface area contributed by atoms with Crippen molar-refractivity contribution in [3.05, 3.63) is 11.6 Å². The Balaban J connectivity index is 2.69. The Morgan fingerprint density at radius 3 is 2.47 bits per heavy atom. The molecule has 0 saturated heterocycles. The number of fused-ring (bicyclic) bond motifs is 1. The smallest absolute Gasteiger partial charge is 0.225 e. The Labute approximate surface area is 111 Å². The quantitative estimate of drug-likeness (QED) is 0.852. The zero-order valence-corrected chi connectivity index (χ0v) is 11.3. The zero-order chi connectivity index (χ0) is 14.0. The van der Waals surface area contributed by atoms with Crippen molar-refractivity contribution in [1.29, 1.82) is 0 Å². The van der Waals surface area contributed by atoms with Crippen LogP contribution in [0, 0.1) is 0 Å². The second kappa shape index (κ2) is 5.36. The molecule has 104 valence electrons. The maximum atomic E-state index is 11.8. The average molecular weight is 266 g/mol. The molecule has 2 rings (SSSR count). The molecule has 0 saturated carbocycles. The molecule has 6 nitrogen and oxygen atoms in total. The molecule has 1 amide bonds. The van der Waals surface area contributed by atoms with Gasteiger partial charge in [0.25, 0.3) is 0 Å². The minimum absolute atomic E-state index is 0.0847. The Hall–Kier alpha value is -1.95. The third kappa shape index (κ3) is 2.19. The lowest BCUT2D eigenvalue weighted by Gasteiger charge is -2.28. The molecule has 0 fully saturated rings. The Bertz CT molecular complexity index is 502. The Morgan fingerprint density at radius 2 is 1.95 bits per heavy atom. The molecular weight excluding hydrogens is 248 g/mol. The van der Waals surface area contributed by atoms with Crippen molar-refractivity contribution in [2.24, 2.45) is 5.73 Å².